The van der Waals surface area contributed by atoms with Crippen LogP contribution in [0.2, 0.25) is 72.5 Å². The molecule has 0 heterocycles. The lowest BCUT2D eigenvalue weighted by Gasteiger charge is -2.44. The molecule has 4 aromatic carbocycles. The molecule has 4 rings (SSSR count). The number of hydrogen-bond donors (Lipinski definition) is 0. The SMILES string of the molecule is C=C/C=C\[C@H](C)[C@H](OCc1ccc(OC)cc1)[C@@H](C)[C@H](CC[C@H](C)C[C@@H](C)[C@@H](O[Si](C)(C)C(C)(C)C)[C@@H](C)/C=C\[C@H](C[C@H](O[Si](C)(C)C(C)(C)C)[C@@H](C)/C=C/COC(c1ccccc1)(c1ccccc1)c1ccccc1)O[Si](C)(C)C(C)(C)C)O[Si](C)(C)C(C)(C)C. The van der Waals surface area contributed by atoms with Crippen molar-refractivity contribution in [1.29, 1.82) is 0 Å². The molecule has 11 atom stereocenters. The average Bonchev–Trinajstić information content (AvgIpc) is 0.763. The van der Waals surface area contributed by atoms with E-state index in [2.05, 4.69) is 323 Å². The maximum atomic E-state index is 7.69. The lowest BCUT2D eigenvalue weighted by atomic mass is 9.80. The van der Waals surface area contributed by atoms with E-state index in [9.17, 15) is 0 Å². The van der Waals surface area contributed by atoms with Crippen molar-refractivity contribution in [1.82, 2.24) is 0 Å². The van der Waals surface area contributed by atoms with Crippen LogP contribution in [0.1, 0.15) is 173 Å². The zero-order valence-electron chi connectivity index (χ0n) is 63.2. The molecule has 0 aliphatic rings. The Kier molecular flexibility index (Phi) is 30.2. The number of ether oxygens (including phenoxy) is 3. The molecule has 0 aromatic heterocycles. The smallest absolute Gasteiger partial charge is 0.192 e. The summed E-state index contributed by atoms with van der Waals surface area (Å²) in [5.74, 6) is 2.01. The first kappa shape index (κ1) is 80.7. The van der Waals surface area contributed by atoms with E-state index in [-0.39, 0.29) is 80.3 Å². The van der Waals surface area contributed by atoms with Crippen molar-refractivity contribution < 1.29 is 31.9 Å². The van der Waals surface area contributed by atoms with Gasteiger partial charge in [-0.15, -0.1) is 0 Å². The van der Waals surface area contributed by atoms with Gasteiger partial charge < -0.3 is 31.9 Å². The topological polar surface area (TPSA) is 64.6 Å². The number of methoxy groups -OCH3 is 1. The molecule has 0 saturated carbocycles. The predicted octanol–water partition coefficient (Wildman–Crippen LogP) is 23.4. The van der Waals surface area contributed by atoms with E-state index in [1.807, 2.05) is 18.2 Å². The highest BCUT2D eigenvalue weighted by Gasteiger charge is 2.46. The maximum Gasteiger partial charge on any atom is 0.192 e. The lowest BCUT2D eigenvalue weighted by molar-refractivity contribution is -0.0551. The molecule has 0 fully saturated rings. The van der Waals surface area contributed by atoms with Crippen LogP contribution in [0.4, 0.5) is 0 Å². The summed E-state index contributed by atoms with van der Waals surface area (Å²) in [7, 11) is -7.32. The zero-order valence-corrected chi connectivity index (χ0v) is 67.2. The Balaban J connectivity index is 1.73. The van der Waals surface area contributed by atoms with Gasteiger partial charge in [0.2, 0.25) is 0 Å². The first-order valence-corrected chi connectivity index (χ1v) is 46.6. The van der Waals surface area contributed by atoms with E-state index in [1.165, 1.54) is 0 Å². The summed E-state index contributed by atoms with van der Waals surface area (Å²) in [6, 6.07) is 40.2. The van der Waals surface area contributed by atoms with Gasteiger partial charge in [0.25, 0.3) is 0 Å². The molecule has 4 aromatic rings. The highest BCUT2D eigenvalue weighted by Crippen LogP contribution is 2.46. The van der Waals surface area contributed by atoms with E-state index in [1.54, 1.807) is 7.11 Å². The summed E-state index contributed by atoms with van der Waals surface area (Å²) in [6.45, 7) is 66.7. The molecule has 11 heteroatoms. The minimum Gasteiger partial charge on any atom is -0.497 e. The molecule has 0 aliphatic heterocycles. The van der Waals surface area contributed by atoms with E-state index < -0.39 is 38.9 Å². The summed E-state index contributed by atoms with van der Waals surface area (Å²) in [5, 5.41) is 0.104. The van der Waals surface area contributed by atoms with Gasteiger partial charge in [-0.25, -0.2) is 0 Å². The fourth-order valence-corrected chi connectivity index (χ4v) is 17.1. The third kappa shape index (κ3) is 23.0. The van der Waals surface area contributed by atoms with Crippen LogP contribution in [-0.2, 0) is 39.4 Å². The molecule has 0 spiro atoms. The fourth-order valence-electron chi connectivity index (χ4n) is 11.5. The van der Waals surface area contributed by atoms with Gasteiger partial charge in [0.1, 0.15) is 11.4 Å². The second-order valence-corrected chi connectivity index (χ2v) is 52.3. The Labute approximate surface area is 568 Å². The van der Waals surface area contributed by atoms with Crippen molar-refractivity contribution in [2.24, 2.45) is 35.5 Å². The standard InChI is InChI=1S/C81H132O7Si4/c1-29-30-41-63(4)76(83-60-67-51-54-71(82-20)55-52-67)66(7)73(86-90(23,24)78(11,12)13)56-49-61(2)58-65(6)75(88-92(27,28)80(17,18)19)64(5)50-53-72(85-89(21,22)77(8,9)10)59-74(87-91(25,26)79(14,15)16)62(3)42-40-57-84-81(68-43-34-31-35-44-68,69-45-36-32-37-46-69)70-47-38-33-39-48-70/h29-48,50-55,61-66,72-76H,1,49,56-60H2,2-28H3/b41-30-,42-40+,53-50-/t61-,62-,63-,64-,65+,66-,72+,73-,74-,75-,76-/m0/s1. The first-order valence-electron chi connectivity index (χ1n) is 34.9. The van der Waals surface area contributed by atoms with Crippen molar-refractivity contribution in [3.05, 3.63) is 187 Å². The molecule has 514 valence electrons. The third-order valence-corrected chi connectivity index (χ3v) is 39.6. The molecule has 0 bridgehead atoms. The van der Waals surface area contributed by atoms with Gasteiger partial charge in [0.05, 0.1) is 50.8 Å². The maximum absolute atomic E-state index is 7.69. The molecule has 0 saturated heterocycles. The van der Waals surface area contributed by atoms with Gasteiger partial charge in [-0.05, 0) is 150 Å². The molecule has 0 unspecified atom stereocenters. The first-order chi connectivity index (χ1) is 42.5. The second-order valence-electron chi connectivity index (χ2n) is 33.3. The third-order valence-electron chi connectivity index (χ3n) is 21.6. The van der Waals surface area contributed by atoms with Crippen LogP contribution < -0.4 is 4.74 Å². The molecule has 0 aliphatic carbocycles. The van der Waals surface area contributed by atoms with E-state index >= 15 is 0 Å². The Morgan fingerprint density at radius 2 is 0.891 bits per heavy atom. The molecular weight excluding hydrogens is 1200 g/mol. The molecule has 0 amide bonds. The molecule has 7 nitrogen and oxygen atoms in total. The lowest BCUT2D eigenvalue weighted by Crippen LogP contribution is -2.48. The zero-order chi connectivity index (χ0) is 69.3. The minimum atomic E-state index is -2.30. The van der Waals surface area contributed by atoms with Gasteiger partial charge in [0, 0.05) is 18.3 Å². The van der Waals surface area contributed by atoms with Crippen LogP contribution in [0.15, 0.2) is 164 Å². The van der Waals surface area contributed by atoms with Crippen molar-refractivity contribution in [2.75, 3.05) is 13.7 Å². The summed E-state index contributed by atoms with van der Waals surface area (Å²) >= 11 is 0. The quantitative estimate of drug-likeness (QED) is 0.0195. The summed E-state index contributed by atoms with van der Waals surface area (Å²) in [4.78, 5) is 0. The number of benzene rings is 4. The molecule has 0 radical (unpaired) electrons. The highest BCUT2D eigenvalue weighted by atomic mass is 28.4. The Morgan fingerprint density at radius 3 is 1.34 bits per heavy atom. The van der Waals surface area contributed by atoms with Gasteiger partial charge in [-0.3, -0.25) is 0 Å². The van der Waals surface area contributed by atoms with Crippen LogP contribution in [0.3, 0.4) is 0 Å². The Hall–Kier alpha value is -3.73. The van der Waals surface area contributed by atoms with Crippen molar-refractivity contribution in [3.63, 3.8) is 0 Å². The Bertz CT molecular complexity index is 2760. The fraction of sp³-hybridized carbons (Fsp3) is 0.605. The van der Waals surface area contributed by atoms with Crippen molar-refractivity contribution in [3.8, 4) is 5.75 Å². The summed E-state index contributed by atoms with van der Waals surface area (Å²) in [6.07, 6.45) is 19.0. The average molecular weight is 1330 g/mol. The number of allylic oxidation sites excluding steroid dienone is 2. The van der Waals surface area contributed by atoms with Crippen LogP contribution >= 0.6 is 0 Å². The van der Waals surface area contributed by atoms with Crippen LogP contribution in [-0.4, -0.2) is 77.5 Å². The van der Waals surface area contributed by atoms with Gasteiger partial charge in [0.15, 0.2) is 33.3 Å². The summed E-state index contributed by atoms with van der Waals surface area (Å²) < 4.78 is 50.2. The highest BCUT2D eigenvalue weighted by molar-refractivity contribution is 6.75. The largest absolute Gasteiger partial charge is 0.497 e. The second kappa shape index (κ2) is 34.5. The van der Waals surface area contributed by atoms with Gasteiger partial charge in [-0.1, -0.05) is 277 Å². The molecule has 92 heavy (non-hydrogen) atoms. The van der Waals surface area contributed by atoms with Crippen molar-refractivity contribution >= 4 is 33.3 Å². The molecule has 0 N–H and O–H groups in total. The van der Waals surface area contributed by atoms with E-state index in [0.29, 0.717) is 19.1 Å². The Morgan fingerprint density at radius 1 is 0.457 bits per heavy atom. The van der Waals surface area contributed by atoms with E-state index in [0.717, 1.165) is 53.7 Å². The molecular formula is C81H132O7Si4. The van der Waals surface area contributed by atoms with Crippen molar-refractivity contribution in [2.45, 2.75) is 266 Å². The van der Waals surface area contributed by atoms with Crippen LogP contribution in [0.5, 0.6) is 5.75 Å². The monoisotopic (exact) mass is 1330 g/mol. The predicted molar refractivity (Wildman–Crippen MR) is 406 cm³/mol. The summed E-state index contributed by atoms with van der Waals surface area (Å²) in [5.41, 5.74) is 3.58. The van der Waals surface area contributed by atoms with Crippen LogP contribution in [0.25, 0.3) is 0 Å². The normalized spacial score (nSPS) is 17.5. The van der Waals surface area contributed by atoms with Crippen LogP contribution in [0, 0.1) is 35.5 Å². The van der Waals surface area contributed by atoms with Gasteiger partial charge in [-0.2, -0.15) is 0 Å². The minimum absolute atomic E-state index is 0.00323. The number of hydrogen-bond acceptors (Lipinski definition) is 7. The number of rotatable bonds is 36. The van der Waals surface area contributed by atoms with E-state index in [4.69, 9.17) is 31.9 Å². The van der Waals surface area contributed by atoms with Gasteiger partial charge >= 0.3 is 0 Å².